The number of nitrogens with zero attached hydrogens (tertiary/aromatic N) is 5. The van der Waals surface area contributed by atoms with Crippen LogP contribution in [-0.2, 0) is 0 Å². The van der Waals surface area contributed by atoms with E-state index in [2.05, 4.69) is 30.9 Å². The third-order valence-electron chi connectivity index (χ3n) is 6.08. The maximum absolute atomic E-state index is 12.7. The second-order valence-corrected chi connectivity index (χ2v) is 8.62. The zero-order chi connectivity index (χ0) is 21.7. The average Bonchev–Trinajstić information content (AvgIpc) is 3.17. The van der Waals surface area contributed by atoms with Crippen LogP contribution in [0, 0.1) is 6.92 Å². The average molecular weight is 433 g/mol. The number of fused-ring (bicyclic) bond motifs is 1. The maximum atomic E-state index is 12.7. The first-order valence-electron chi connectivity index (χ1n) is 10.9. The standard InChI is InChI=1S/C22H23N7O3/c1-12-8-17-18(31-12)11-24-29(21(17)30)16-6-7-19(23-10-16)25-14-4-5-15(9-14)26-22-27-20(32-28-22)13-2-3-13/h6-8,10-11,13-15H,2-5,9H2,1H3,(H,23,25)(H,26,28)/t14-,15-/m0/s1. The summed E-state index contributed by atoms with van der Waals surface area (Å²) in [5, 5.41) is 15.6. The molecule has 0 amide bonds. The van der Waals surface area contributed by atoms with Gasteiger partial charge in [0.1, 0.15) is 11.6 Å². The molecule has 0 spiro atoms. The van der Waals surface area contributed by atoms with Crippen LogP contribution in [0.2, 0.25) is 0 Å². The van der Waals surface area contributed by atoms with Crippen LogP contribution in [-0.4, -0.2) is 37.0 Å². The molecule has 2 saturated carbocycles. The molecule has 0 radical (unpaired) electrons. The Morgan fingerprint density at radius 3 is 2.72 bits per heavy atom. The van der Waals surface area contributed by atoms with E-state index in [-0.39, 0.29) is 5.56 Å². The van der Waals surface area contributed by atoms with E-state index in [9.17, 15) is 4.79 Å². The van der Waals surface area contributed by atoms with Crippen molar-refractivity contribution in [1.82, 2.24) is 24.9 Å². The minimum atomic E-state index is -0.224. The van der Waals surface area contributed by atoms with E-state index in [0.29, 0.717) is 46.4 Å². The third-order valence-corrected chi connectivity index (χ3v) is 6.08. The van der Waals surface area contributed by atoms with Crippen molar-refractivity contribution in [2.24, 2.45) is 0 Å². The monoisotopic (exact) mass is 433 g/mol. The van der Waals surface area contributed by atoms with Gasteiger partial charge in [0.25, 0.3) is 11.5 Å². The van der Waals surface area contributed by atoms with Crippen molar-refractivity contribution in [2.45, 2.75) is 57.0 Å². The van der Waals surface area contributed by atoms with Crippen LogP contribution in [0.15, 0.2) is 44.3 Å². The van der Waals surface area contributed by atoms with Gasteiger partial charge >= 0.3 is 0 Å². The van der Waals surface area contributed by atoms with Crippen molar-refractivity contribution < 1.29 is 8.94 Å². The first kappa shape index (κ1) is 19.0. The van der Waals surface area contributed by atoms with Crippen molar-refractivity contribution in [3.8, 4) is 5.69 Å². The molecular weight excluding hydrogens is 410 g/mol. The van der Waals surface area contributed by atoms with Gasteiger partial charge in [0.2, 0.25) is 5.89 Å². The molecule has 0 bridgehead atoms. The molecule has 2 fully saturated rings. The largest absolute Gasteiger partial charge is 0.459 e. The molecule has 2 atom stereocenters. The first-order chi connectivity index (χ1) is 15.6. The van der Waals surface area contributed by atoms with Gasteiger partial charge in [0, 0.05) is 18.0 Å². The molecule has 6 rings (SSSR count). The number of aromatic nitrogens is 5. The lowest BCUT2D eigenvalue weighted by Crippen LogP contribution is -2.22. The van der Waals surface area contributed by atoms with Crippen molar-refractivity contribution in [2.75, 3.05) is 10.6 Å². The van der Waals surface area contributed by atoms with Crippen LogP contribution in [0.4, 0.5) is 11.8 Å². The Bertz CT molecular complexity index is 1320. The SMILES string of the molecule is Cc1cc2c(=O)n(-c3ccc(N[C@H]4CC[C@H](Nc5noc(C6CC6)n5)C4)nc3)ncc2o1. The summed E-state index contributed by atoms with van der Waals surface area (Å²) >= 11 is 0. The third kappa shape index (κ3) is 3.61. The number of nitrogens with one attached hydrogen (secondary N) is 2. The van der Waals surface area contributed by atoms with Crippen molar-refractivity contribution in [1.29, 1.82) is 0 Å². The predicted molar refractivity (Wildman–Crippen MR) is 117 cm³/mol. The molecule has 164 valence electrons. The van der Waals surface area contributed by atoms with Crippen LogP contribution in [0.3, 0.4) is 0 Å². The van der Waals surface area contributed by atoms with Crippen LogP contribution in [0.5, 0.6) is 0 Å². The van der Waals surface area contributed by atoms with Crippen LogP contribution in [0.25, 0.3) is 16.7 Å². The molecule has 0 aliphatic heterocycles. The maximum Gasteiger partial charge on any atom is 0.282 e. The van der Waals surface area contributed by atoms with Crippen LogP contribution in [0.1, 0.15) is 49.7 Å². The number of rotatable bonds is 6. The molecule has 0 unspecified atom stereocenters. The van der Waals surface area contributed by atoms with Crippen LogP contribution >= 0.6 is 0 Å². The fourth-order valence-corrected chi connectivity index (χ4v) is 4.28. The molecule has 0 aromatic carbocycles. The van der Waals surface area contributed by atoms with Gasteiger partial charge in [-0.25, -0.2) is 4.98 Å². The van der Waals surface area contributed by atoms with Crippen molar-refractivity contribution in [3.05, 3.63) is 52.6 Å². The summed E-state index contributed by atoms with van der Waals surface area (Å²) in [6, 6.07) is 6.03. The Hall–Kier alpha value is -3.69. The van der Waals surface area contributed by atoms with Gasteiger partial charge in [-0.15, -0.1) is 0 Å². The predicted octanol–water partition coefficient (Wildman–Crippen LogP) is 3.39. The van der Waals surface area contributed by atoms with Gasteiger partial charge in [-0.2, -0.15) is 14.8 Å². The van der Waals surface area contributed by atoms with E-state index in [0.717, 1.165) is 43.8 Å². The van der Waals surface area contributed by atoms with E-state index >= 15 is 0 Å². The topological polar surface area (TPSA) is 124 Å². The fourth-order valence-electron chi connectivity index (χ4n) is 4.28. The quantitative estimate of drug-likeness (QED) is 0.471. The first-order valence-corrected chi connectivity index (χ1v) is 10.9. The molecule has 4 aromatic heterocycles. The number of aryl methyl sites for hydroxylation is 1. The Labute approximate surface area is 183 Å². The van der Waals surface area contributed by atoms with Gasteiger partial charge < -0.3 is 19.6 Å². The number of furan rings is 1. The molecule has 0 saturated heterocycles. The molecule has 2 aliphatic carbocycles. The Morgan fingerprint density at radius 1 is 1.09 bits per heavy atom. The molecule has 4 aromatic rings. The second-order valence-electron chi connectivity index (χ2n) is 8.62. The van der Waals surface area contributed by atoms with E-state index in [1.165, 1.54) is 4.68 Å². The number of hydrogen-bond donors (Lipinski definition) is 2. The summed E-state index contributed by atoms with van der Waals surface area (Å²) < 4.78 is 12.1. The summed E-state index contributed by atoms with van der Waals surface area (Å²) in [6.45, 7) is 1.81. The summed E-state index contributed by atoms with van der Waals surface area (Å²) in [4.78, 5) is 21.6. The van der Waals surface area contributed by atoms with Crippen molar-refractivity contribution in [3.63, 3.8) is 0 Å². The second kappa shape index (κ2) is 7.47. The Morgan fingerprint density at radius 2 is 1.94 bits per heavy atom. The van der Waals surface area contributed by atoms with Crippen LogP contribution < -0.4 is 16.2 Å². The summed E-state index contributed by atoms with van der Waals surface area (Å²) in [5.41, 5.74) is 0.873. The Balaban J connectivity index is 1.10. The molecule has 4 heterocycles. The molecule has 2 aliphatic rings. The molecular formula is C22H23N7O3. The normalized spacial score (nSPS) is 20.7. The zero-order valence-corrected chi connectivity index (χ0v) is 17.6. The lowest BCUT2D eigenvalue weighted by molar-refractivity contribution is 0.379. The van der Waals surface area contributed by atoms with Gasteiger partial charge in [0.05, 0.1) is 23.5 Å². The molecule has 10 heteroatoms. The number of anilines is 2. The van der Waals surface area contributed by atoms with Crippen molar-refractivity contribution >= 4 is 22.7 Å². The summed E-state index contributed by atoms with van der Waals surface area (Å²) in [7, 11) is 0. The van der Waals surface area contributed by atoms with Gasteiger partial charge in [-0.1, -0.05) is 0 Å². The highest BCUT2D eigenvalue weighted by Crippen LogP contribution is 2.39. The van der Waals surface area contributed by atoms with E-state index in [4.69, 9.17) is 8.94 Å². The fraction of sp³-hybridized carbons (Fsp3) is 0.409. The van der Waals surface area contributed by atoms with Gasteiger partial charge in [-0.3, -0.25) is 4.79 Å². The minimum Gasteiger partial charge on any atom is -0.459 e. The lowest BCUT2D eigenvalue weighted by atomic mass is 10.2. The highest BCUT2D eigenvalue weighted by molar-refractivity contribution is 5.76. The highest BCUT2D eigenvalue weighted by atomic mass is 16.5. The minimum absolute atomic E-state index is 0.224. The van der Waals surface area contributed by atoms with E-state index in [1.807, 2.05) is 19.1 Å². The highest BCUT2D eigenvalue weighted by Gasteiger charge is 2.31. The summed E-state index contributed by atoms with van der Waals surface area (Å²) in [5.74, 6) is 3.24. The van der Waals surface area contributed by atoms with Gasteiger partial charge in [0.15, 0.2) is 5.58 Å². The number of hydrogen-bond acceptors (Lipinski definition) is 9. The summed E-state index contributed by atoms with van der Waals surface area (Å²) in [6.07, 6.45) is 8.47. The van der Waals surface area contributed by atoms with Gasteiger partial charge in [-0.05, 0) is 62.4 Å². The Kier molecular flexibility index (Phi) is 4.44. The zero-order valence-electron chi connectivity index (χ0n) is 17.6. The molecule has 10 nitrogen and oxygen atoms in total. The smallest absolute Gasteiger partial charge is 0.282 e. The molecule has 2 N–H and O–H groups in total. The number of pyridine rings is 1. The van der Waals surface area contributed by atoms with E-state index in [1.54, 1.807) is 18.5 Å². The molecule has 32 heavy (non-hydrogen) atoms. The lowest BCUT2D eigenvalue weighted by Gasteiger charge is -2.14. The van der Waals surface area contributed by atoms with E-state index < -0.39 is 0 Å².